The number of halogens is 4. The third-order valence-corrected chi connectivity index (χ3v) is 2.26. The van der Waals surface area contributed by atoms with Gasteiger partial charge in [-0.3, -0.25) is 0 Å². The molecule has 0 bridgehead atoms. The Hall–Kier alpha value is -1.18. The Labute approximate surface area is 101 Å². The fourth-order valence-electron chi connectivity index (χ4n) is 1.35. The summed E-state index contributed by atoms with van der Waals surface area (Å²) >= 11 is 0. The van der Waals surface area contributed by atoms with Crippen LogP contribution in [0.2, 0.25) is 0 Å². The van der Waals surface area contributed by atoms with Crippen LogP contribution in [-0.2, 0) is 12.7 Å². The van der Waals surface area contributed by atoms with Gasteiger partial charge in [-0.25, -0.2) is 4.39 Å². The van der Waals surface area contributed by atoms with Gasteiger partial charge in [0.05, 0.1) is 18.3 Å². The molecule has 0 heterocycles. The average Bonchev–Trinajstić information content (AvgIpc) is 2.29. The maximum atomic E-state index is 13.0. The molecule has 1 unspecified atom stereocenters. The molecular formula is C11H13F4NO2. The summed E-state index contributed by atoms with van der Waals surface area (Å²) in [6, 6.07) is 2.69. The molecule has 0 radical (unpaired) electrons. The summed E-state index contributed by atoms with van der Waals surface area (Å²) in [5.74, 6) is -1.32. The molecule has 3 N–H and O–H groups in total. The van der Waals surface area contributed by atoms with E-state index in [1.54, 1.807) is 0 Å². The predicted molar refractivity (Wildman–Crippen MR) is 56.2 cm³/mol. The van der Waals surface area contributed by atoms with Crippen LogP contribution in [0.15, 0.2) is 18.2 Å². The standard InChI is InChI=1S/C11H13F4NO2/c12-10-2-1-7(3-9(10)11(13,14)15)4-16-5-8(18)6-17/h1-3,8,16-18H,4-6H2. The number of aliphatic hydroxyl groups is 2. The highest BCUT2D eigenvalue weighted by atomic mass is 19.4. The zero-order valence-electron chi connectivity index (χ0n) is 9.34. The van der Waals surface area contributed by atoms with Crippen LogP contribution in [0, 0.1) is 5.82 Å². The van der Waals surface area contributed by atoms with Crippen LogP contribution in [0.1, 0.15) is 11.1 Å². The maximum absolute atomic E-state index is 13.0. The minimum absolute atomic E-state index is 0.0369. The van der Waals surface area contributed by atoms with Crippen LogP contribution in [-0.4, -0.2) is 29.5 Å². The van der Waals surface area contributed by atoms with Gasteiger partial charge in [0.15, 0.2) is 0 Å². The smallest absolute Gasteiger partial charge is 0.394 e. The van der Waals surface area contributed by atoms with E-state index in [2.05, 4.69) is 5.32 Å². The summed E-state index contributed by atoms with van der Waals surface area (Å²) in [4.78, 5) is 0. The van der Waals surface area contributed by atoms with Gasteiger partial charge in [-0.15, -0.1) is 0 Å². The van der Waals surface area contributed by atoms with Crippen molar-refractivity contribution in [2.75, 3.05) is 13.2 Å². The molecule has 7 heteroatoms. The van der Waals surface area contributed by atoms with E-state index in [-0.39, 0.29) is 18.7 Å². The van der Waals surface area contributed by atoms with E-state index in [4.69, 9.17) is 10.2 Å². The molecule has 1 aromatic carbocycles. The van der Waals surface area contributed by atoms with Crippen molar-refractivity contribution in [3.8, 4) is 0 Å². The van der Waals surface area contributed by atoms with Crippen molar-refractivity contribution in [3.63, 3.8) is 0 Å². The first-order valence-corrected chi connectivity index (χ1v) is 5.20. The Morgan fingerprint density at radius 1 is 1.28 bits per heavy atom. The van der Waals surface area contributed by atoms with Gasteiger partial charge in [-0.2, -0.15) is 13.2 Å². The normalized spacial score (nSPS) is 13.7. The minimum atomic E-state index is -4.73. The number of hydrogen-bond donors (Lipinski definition) is 3. The van der Waals surface area contributed by atoms with Crippen LogP contribution in [0.25, 0.3) is 0 Å². The molecule has 0 aliphatic rings. The van der Waals surface area contributed by atoms with Crippen LogP contribution in [0.5, 0.6) is 0 Å². The zero-order valence-corrected chi connectivity index (χ0v) is 9.34. The average molecular weight is 267 g/mol. The minimum Gasteiger partial charge on any atom is -0.394 e. The van der Waals surface area contributed by atoms with Crippen molar-refractivity contribution in [1.29, 1.82) is 0 Å². The fourth-order valence-corrected chi connectivity index (χ4v) is 1.35. The summed E-state index contributed by atoms with van der Waals surface area (Å²) in [5.41, 5.74) is -1.07. The topological polar surface area (TPSA) is 52.5 Å². The first-order valence-electron chi connectivity index (χ1n) is 5.20. The molecule has 1 atom stereocenters. The summed E-state index contributed by atoms with van der Waals surface area (Å²) in [6.45, 7) is -0.361. The van der Waals surface area contributed by atoms with Gasteiger partial charge in [0, 0.05) is 13.1 Å². The van der Waals surface area contributed by atoms with Crippen LogP contribution in [0.3, 0.4) is 0 Å². The van der Waals surface area contributed by atoms with E-state index in [0.717, 1.165) is 6.07 Å². The highest BCUT2D eigenvalue weighted by Crippen LogP contribution is 2.31. The lowest BCUT2D eigenvalue weighted by Crippen LogP contribution is -2.29. The van der Waals surface area contributed by atoms with Gasteiger partial charge >= 0.3 is 6.18 Å². The van der Waals surface area contributed by atoms with E-state index in [0.29, 0.717) is 6.07 Å². The molecule has 1 rings (SSSR count). The summed E-state index contributed by atoms with van der Waals surface area (Å²) in [7, 11) is 0. The Balaban J connectivity index is 2.68. The fraction of sp³-hybridized carbons (Fsp3) is 0.455. The lowest BCUT2D eigenvalue weighted by atomic mass is 10.1. The third-order valence-electron chi connectivity index (χ3n) is 2.26. The molecule has 0 fully saturated rings. The SMILES string of the molecule is OCC(O)CNCc1ccc(F)c(C(F)(F)F)c1. The molecule has 0 saturated carbocycles. The Bertz CT molecular complexity index is 395. The van der Waals surface area contributed by atoms with E-state index in [9.17, 15) is 17.6 Å². The molecule has 1 aromatic rings. The lowest BCUT2D eigenvalue weighted by Gasteiger charge is -2.12. The predicted octanol–water partition coefficient (Wildman–Crippen LogP) is 1.29. The van der Waals surface area contributed by atoms with E-state index in [1.165, 1.54) is 6.07 Å². The van der Waals surface area contributed by atoms with Gasteiger partial charge in [0.25, 0.3) is 0 Å². The van der Waals surface area contributed by atoms with Gasteiger partial charge in [0.1, 0.15) is 5.82 Å². The maximum Gasteiger partial charge on any atom is 0.419 e. The molecule has 0 saturated heterocycles. The number of hydrogen-bond acceptors (Lipinski definition) is 3. The van der Waals surface area contributed by atoms with Crippen molar-refractivity contribution >= 4 is 0 Å². The summed E-state index contributed by atoms with van der Waals surface area (Å²) in [5, 5.41) is 20.2. The van der Waals surface area contributed by atoms with Gasteiger partial charge in [0.2, 0.25) is 0 Å². The highest BCUT2D eigenvalue weighted by molar-refractivity contribution is 5.27. The Morgan fingerprint density at radius 2 is 1.94 bits per heavy atom. The monoisotopic (exact) mass is 267 g/mol. The Morgan fingerprint density at radius 3 is 2.50 bits per heavy atom. The van der Waals surface area contributed by atoms with Gasteiger partial charge in [-0.1, -0.05) is 6.07 Å². The van der Waals surface area contributed by atoms with Crippen molar-refractivity contribution < 1.29 is 27.8 Å². The third kappa shape index (κ3) is 4.25. The number of alkyl halides is 3. The summed E-state index contributed by atoms with van der Waals surface area (Å²) < 4.78 is 50.2. The molecule has 102 valence electrons. The van der Waals surface area contributed by atoms with Crippen molar-refractivity contribution in [2.45, 2.75) is 18.8 Å². The highest BCUT2D eigenvalue weighted by Gasteiger charge is 2.34. The van der Waals surface area contributed by atoms with Crippen LogP contribution < -0.4 is 5.32 Å². The van der Waals surface area contributed by atoms with E-state index >= 15 is 0 Å². The lowest BCUT2D eigenvalue weighted by molar-refractivity contribution is -0.140. The molecule has 3 nitrogen and oxygen atoms in total. The van der Waals surface area contributed by atoms with Crippen LogP contribution >= 0.6 is 0 Å². The quantitative estimate of drug-likeness (QED) is 0.705. The molecule has 0 aliphatic carbocycles. The van der Waals surface area contributed by atoms with E-state index < -0.39 is 30.3 Å². The zero-order chi connectivity index (χ0) is 13.8. The molecule has 0 aromatic heterocycles. The second-order valence-corrected chi connectivity index (χ2v) is 3.78. The molecule has 0 spiro atoms. The number of benzene rings is 1. The van der Waals surface area contributed by atoms with E-state index in [1.807, 2.05) is 0 Å². The number of rotatable bonds is 5. The van der Waals surface area contributed by atoms with Crippen molar-refractivity contribution in [3.05, 3.63) is 35.1 Å². The second kappa shape index (κ2) is 6.12. The largest absolute Gasteiger partial charge is 0.419 e. The number of aliphatic hydroxyl groups excluding tert-OH is 2. The number of nitrogens with one attached hydrogen (secondary N) is 1. The Kier molecular flexibility index (Phi) is 5.06. The van der Waals surface area contributed by atoms with Crippen molar-refractivity contribution in [2.24, 2.45) is 0 Å². The molecule has 18 heavy (non-hydrogen) atoms. The first-order chi connectivity index (χ1) is 8.34. The van der Waals surface area contributed by atoms with Gasteiger partial charge < -0.3 is 15.5 Å². The molecular weight excluding hydrogens is 254 g/mol. The second-order valence-electron chi connectivity index (χ2n) is 3.78. The molecule has 0 aliphatic heterocycles. The van der Waals surface area contributed by atoms with Crippen LogP contribution in [0.4, 0.5) is 17.6 Å². The first kappa shape index (κ1) is 14.9. The van der Waals surface area contributed by atoms with Crippen molar-refractivity contribution in [1.82, 2.24) is 5.32 Å². The summed E-state index contributed by atoms with van der Waals surface area (Å²) in [6.07, 6.45) is -5.71. The molecule has 0 amide bonds. The van der Waals surface area contributed by atoms with Gasteiger partial charge in [-0.05, 0) is 17.7 Å².